The first-order valence-electron chi connectivity index (χ1n) is 12.1. The van der Waals surface area contributed by atoms with E-state index in [9.17, 15) is 9.18 Å². The summed E-state index contributed by atoms with van der Waals surface area (Å²) < 4.78 is 13.9. The van der Waals surface area contributed by atoms with Gasteiger partial charge in [-0.15, -0.1) is 0 Å². The van der Waals surface area contributed by atoms with Gasteiger partial charge in [-0.25, -0.2) is 4.39 Å². The van der Waals surface area contributed by atoms with Gasteiger partial charge in [0.1, 0.15) is 5.82 Å². The van der Waals surface area contributed by atoms with Gasteiger partial charge in [0.05, 0.1) is 6.20 Å². The van der Waals surface area contributed by atoms with Gasteiger partial charge in [0, 0.05) is 19.7 Å². The van der Waals surface area contributed by atoms with Crippen molar-refractivity contribution in [1.29, 1.82) is 0 Å². The molecule has 6 unspecified atom stereocenters. The third-order valence-corrected chi connectivity index (χ3v) is 9.44. The number of fused-ring (bicyclic) bond motifs is 5. The molecule has 0 spiro atoms. The van der Waals surface area contributed by atoms with Crippen molar-refractivity contribution in [2.45, 2.75) is 65.7 Å². The van der Waals surface area contributed by atoms with E-state index < -0.39 is 0 Å². The average Bonchev–Trinajstić information content (AvgIpc) is 3.09. The summed E-state index contributed by atoms with van der Waals surface area (Å²) in [6, 6.07) is 1.66. The third kappa shape index (κ3) is 3.37. The van der Waals surface area contributed by atoms with Gasteiger partial charge >= 0.3 is 0 Å². The molecule has 31 heavy (non-hydrogen) atoms. The van der Waals surface area contributed by atoms with E-state index in [2.05, 4.69) is 36.3 Å². The Balaban J connectivity index is 1.37. The molecule has 0 radical (unpaired) electrons. The fraction of sp³-hybridized carbons (Fsp3) is 0.630. The first-order valence-corrected chi connectivity index (χ1v) is 12.1. The Hall–Kier alpha value is -1.97. The largest absolute Gasteiger partial charge is 0.356 e. The molecule has 1 amide bonds. The number of hydrogen-bond acceptors (Lipinski definition) is 2. The summed E-state index contributed by atoms with van der Waals surface area (Å²) in [5, 5.41) is 3.03. The molecule has 4 heteroatoms. The minimum absolute atomic E-state index is 0.0793. The van der Waals surface area contributed by atoms with Gasteiger partial charge in [-0.2, -0.15) is 0 Å². The minimum Gasteiger partial charge on any atom is -0.356 e. The predicted octanol–water partition coefficient (Wildman–Crippen LogP) is 5.93. The number of nitrogens with one attached hydrogen (secondary N) is 1. The molecule has 0 saturated heterocycles. The van der Waals surface area contributed by atoms with E-state index in [-0.39, 0.29) is 17.1 Å². The Morgan fingerprint density at radius 3 is 2.71 bits per heavy atom. The Morgan fingerprint density at radius 2 is 1.94 bits per heavy atom. The molecule has 2 fully saturated rings. The van der Waals surface area contributed by atoms with Gasteiger partial charge in [-0.3, -0.25) is 9.78 Å². The second-order valence-corrected chi connectivity index (χ2v) is 11.0. The number of nitrogens with zero attached hydrogens (tertiary/aromatic N) is 1. The Labute approximate surface area is 185 Å². The summed E-state index contributed by atoms with van der Waals surface area (Å²) in [5.41, 5.74) is 4.38. The molecule has 4 aliphatic carbocycles. The summed E-state index contributed by atoms with van der Waals surface area (Å²) in [6.07, 6.45) is 16.4. The number of carbonyl (C=O) groups excluding carboxylic acids is 1. The summed E-state index contributed by atoms with van der Waals surface area (Å²) in [7, 11) is 0. The van der Waals surface area contributed by atoms with Crippen molar-refractivity contribution < 1.29 is 9.18 Å². The number of rotatable bonds is 3. The lowest BCUT2D eigenvalue weighted by atomic mass is 9.47. The summed E-state index contributed by atoms with van der Waals surface area (Å²) >= 11 is 0. The van der Waals surface area contributed by atoms with Crippen LogP contribution in [0.2, 0.25) is 0 Å². The minimum atomic E-state index is -0.243. The van der Waals surface area contributed by atoms with Gasteiger partial charge in [-0.1, -0.05) is 31.6 Å². The summed E-state index contributed by atoms with van der Waals surface area (Å²) in [6.45, 7) is 7.36. The molecular formula is C27H35FN2O. The van der Waals surface area contributed by atoms with Crippen LogP contribution in [0.25, 0.3) is 5.57 Å². The van der Waals surface area contributed by atoms with E-state index in [1.807, 2.05) is 6.20 Å². The molecule has 1 heterocycles. The third-order valence-electron chi connectivity index (χ3n) is 9.44. The van der Waals surface area contributed by atoms with Crippen LogP contribution in [0.5, 0.6) is 0 Å². The molecule has 4 aliphatic rings. The molecule has 166 valence electrons. The molecule has 6 atom stereocenters. The lowest BCUT2D eigenvalue weighted by molar-refractivity contribution is -0.119. The second kappa shape index (κ2) is 7.56. The van der Waals surface area contributed by atoms with E-state index in [1.54, 1.807) is 18.6 Å². The Morgan fingerprint density at radius 1 is 1.13 bits per heavy atom. The molecule has 1 aromatic heterocycles. The lowest BCUT2D eigenvalue weighted by Gasteiger charge is -2.58. The first kappa shape index (κ1) is 20.9. The van der Waals surface area contributed by atoms with Crippen LogP contribution in [0.1, 0.15) is 71.3 Å². The smallest absolute Gasteiger partial charge is 0.216 e. The van der Waals surface area contributed by atoms with Crippen molar-refractivity contribution in [2.24, 2.45) is 34.5 Å². The molecule has 0 aromatic carbocycles. The number of carbonyl (C=O) groups is 1. The van der Waals surface area contributed by atoms with E-state index in [0.717, 1.165) is 30.9 Å². The van der Waals surface area contributed by atoms with Gasteiger partial charge in [-0.05, 0) is 96.7 Å². The summed E-state index contributed by atoms with van der Waals surface area (Å²) in [5.74, 6) is 2.49. The van der Waals surface area contributed by atoms with Crippen molar-refractivity contribution in [2.75, 3.05) is 6.54 Å². The maximum atomic E-state index is 13.9. The van der Waals surface area contributed by atoms with E-state index in [1.165, 1.54) is 43.9 Å². The maximum absolute atomic E-state index is 13.9. The first-order chi connectivity index (χ1) is 14.8. The maximum Gasteiger partial charge on any atom is 0.216 e. The quantitative estimate of drug-likeness (QED) is 0.614. The number of amides is 1. The van der Waals surface area contributed by atoms with Crippen LogP contribution < -0.4 is 5.32 Å². The highest BCUT2D eigenvalue weighted by Gasteiger charge is 2.56. The van der Waals surface area contributed by atoms with Crippen LogP contribution in [0.3, 0.4) is 0 Å². The zero-order valence-corrected chi connectivity index (χ0v) is 19.1. The highest BCUT2D eigenvalue weighted by molar-refractivity contribution is 5.73. The van der Waals surface area contributed by atoms with Gasteiger partial charge in [0.25, 0.3) is 0 Å². The molecule has 5 rings (SSSR count). The molecule has 0 aliphatic heterocycles. The number of allylic oxidation sites excluding steroid dienone is 4. The zero-order chi connectivity index (χ0) is 21.8. The zero-order valence-electron chi connectivity index (χ0n) is 19.1. The van der Waals surface area contributed by atoms with Gasteiger partial charge in [0.15, 0.2) is 0 Å². The molecule has 1 aromatic rings. The fourth-order valence-corrected chi connectivity index (χ4v) is 7.77. The van der Waals surface area contributed by atoms with E-state index in [0.29, 0.717) is 23.2 Å². The lowest BCUT2D eigenvalue weighted by Crippen LogP contribution is -2.49. The fourth-order valence-electron chi connectivity index (χ4n) is 7.77. The van der Waals surface area contributed by atoms with Crippen LogP contribution in [0.15, 0.2) is 36.2 Å². The average molecular weight is 423 g/mol. The Bertz CT molecular complexity index is 952. The molecule has 3 nitrogen and oxygen atoms in total. The van der Waals surface area contributed by atoms with Crippen LogP contribution >= 0.6 is 0 Å². The van der Waals surface area contributed by atoms with E-state index in [4.69, 9.17) is 0 Å². The van der Waals surface area contributed by atoms with E-state index >= 15 is 0 Å². The topological polar surface area (TPSA) is 42.0 Å². The monoisotopic (exact) mass is 422 g/mol. The van der Waals surface area contributed by atoms with Crippen molar-refractivity contribution in [3.63, 3.8) is 0 Å². The van der Waals surface area contributed by atoms with Gasteiger partial charge in [0.2, 0.25) is 5.91 Å². The van der Waals surface area contributed by atoms with Crippen molar-refractivity contribution in [3.8, 4) is 0 Å². The van der Waals surface area contributed by atoms with Crippen molar-refractivity contribution >= 4 is 11.5 Å². The highest BCUT2D eigenvalue weighted by Crippen LogP contribution is 2.66. The molecule has 1 N–H and O–H groups in total. The molecule has 0 bridgehead atoms. The highest BCUT2D eigenvalue weighted by atomic mass is 19.1. The number of aromatic nitrogens is 1. The SMILES string of the molecule is CC(=O)NCC1CCC2(C)C(=CCC3C2CCC2(C)C(c4cncc(F)c4)=CCC32)C1. The second-order valence-electron chi connectivity index (χ2n) is 11.0. The van der Waals surface area contributed by atoms with Crippen LogP contribution in [0, 0.1) is 40.3 Å². The normalized spacial score (nSPS) is 39.0. The standard InChI is InChI=1S/C27H35FN2O/c1-17(31)30-14-18-8-10-26(2)20(12-18)4-5-22-24-7-6-23(19-13-21(28)16-29-15-19)27(24,3)11-9-25(22)26/h4,6,13,15-16,18,22,24-25H,5,7-12,14H2,1-3H3,(H,30,31). The Kier molecular flexibility index (Phi) is 5.10. The number of halogens is 1. The van der Waals surface area contributed by atoms with Crippen LogP contribution in [-0.2, 0) is 4.79 Å². The molecular weight excluding hydrogens is 387 g/mol. The summed E-state index contributed by atoms with van der Waals surface area (Å²) in [4.78, 5) is 15.5. The number of hydrogen-bond donors (Lipinski definition) is 1. The molecule has 2 saturated carbocycles. The van der Waals surface area contributed by atoms with Crippen molar-refractivity contribution in [1.82, 2.24) is 10.3 Å². The number of pyridine rings is 1. The van der Waals surface area contributed by atoms with Crippen LogP contribution in [-0.4, -0.2) is 17.4 Å². The van der Waals surface area contributed by atoms with Crippen molar-refractivity contribution in [3.05, 3.63) is 47.6 Å². The van der Waals surface area contributed by atoms with Gasteiger partial charge < -0.3 is 5.32 Å². The predicted molar refractivity (Wildman–Crippen MR) is 121 cm³/mol. The van der Waals surface area contributed by atoms with Crippen LogP contribution in [0.4, 0.5) is 4.39 Å².